The lowest BCUT2D eigenvalue weighted by Gasteiger charge is -2.27. The van der Waals surface area contributed by atoms with Crippen molar-refractivity contribution in [1.29, 1.82) is 0 Å². The molecule has 0 saturated carbocycles. The van der Waals surface area contributed by atoms with Crippen molar-refractivity contribution in [2.45, 2.75) is 88.7 Å². The van der Waals surface area contributed by atoms with E-state index in [-0.39, 0.29) is 51.2 Å². The Hall–Kier alpha value is -3.91. The molecule has 0 aliphatic carbocycles. The average Bonchev–Trinajstić information content (AvgIpc) is 3.55. The third-order valence-electron chi connectivity index (χ3n) is 7.69. The van der Waals surface area contributed by atoms with E-state index in [0.29, 0.717) is 38.3 Å². The predicted octanol–water partition coefficient (Wildman–Crippen LogP) is 0.572. The number of carboxylic acids is 1. The predicted molar refractivity (Wildman–Crippen MR) is 178 cm³/mol. The summed E-state index contributed by atoms with van der Waals surface area (Å²) < 4.78 is 17.5. The first-order valence-corrected chi connectivity index (χ1v) is 16.5. The molecule has 0 aliphatic heterocycles. The van der Waals surface area contributed by atoms with Gasteiger partial charge in [-0.1, -0.05) is 36.1 Å². The number of carboxylic acid groups (broad SMARTS) is 1. The van der Waals surface area contributed by atoms with Crippen molar-refractivity contribution in [3.8, 4) is 12.3 Å². The zero-order valence-electron chi connectivity index (χ0n) is 28.2. The molecule has 15 nitrogen and oxygen atoms in total. The average molecular weight is 690 g/mol. The highest BCUT2D eigenvalue weighted by Gasteiger charge is 2.37. The summed E-state index contributed by atoms with van der Waals surface area (Å²) in [5.74, 6) is -2.49. The summed E-state index contributed by atoms with van der Waals surface area (Å²) >= 11 is 0. The second kappa shape index (κ2) is 23.4. The molecule has 0 radical (unpaired) electrons. The number of amides is 2. The van der Waals surface area contributed by atoms with Gasteiger partial charge in [0.15, 0.2) is 0 Å². The number of hydrogen-bond donors (Lipinski definition) is 6. The normalized spacial score (nSPS) is 13.6. The Morgan fingerprint density at radius 1 is 1.02 bits per heavy atom. The number of carbonyl (C=O) groups excluding carboxylic acids is 2. The van der Waals surface area contributed by atoms with Crippen LogP contribution >= 0.6 is 0 Å². The molecule has 6 N–H and O–H groups in total. The molecule has 0 saturated heterocycles. The van der Waals surface area contributed by atoms with Gasteiger partial charge in [0.2, 0.25) is 11.8 Å². The molecule has 1 aromatic heterocycles. The van der Waals surface area contributed by atoms with Gasteiger partial charge < -0.3 is 45.3 Å². The van der Waals surface area contributed by atoms with Gasteiger partial charge in [0.1, 0.15) is 6.61 Å². The lowest BCUT2D eigenvalue weighted by Crippen LogP contribution is -2.45. The van der Waals surface area contributed by atoms with Crippen LogP contribution < -0.4 is 10.6 Å². The van der Waals surface area contributed by atoms with Crippen LogP contribution in [0.1, 0.15) is 68.2 Å². The number of unbranched alkanes of at least 4 members (excludes halogenated alkanes) is 3. The Bertz CT molecular complexity index is 1300. The maximum absolute atomic E-state index is 12.3. The minimum Gasteiger partial charge on any atom is -0.477 e. The van der Waals surface area contributed by atoms with Gasteiger partial charge in [-0.05, 0) is 56.2 Å². The van der Waals surface area contributed by atoms with Gasteiger partial charge >= 0.3 is 5.97 Å². The van der Waals surface area contributed by atoms with Crippen molar-refractivity contribution in [1.82, 2.24) is 25.6 Å². The molecular weight excluding hydrogens is 638 g/mol. The summed E-state index contributed by atoms with van der Waals surface area (Å²) in [5, 5.41) is 53.6. The molecule has 0 aliphatic rings. The molecule has 0 fully saturated rings. The lowest BCUT2D eigenvalue weighted by molar-refractivity contribution is -0.227. The Kier molecular flexibility index (Phi) is 19.7. The van der Waals surface area contributed by atoms with E-state index in [1.807, 2.05) is 6.20 Å². The van der Waals surface area contributed by atoms with Crippen LogP contribution in [0.15, 0.2) is 30.5 Å². The zero-order chi connectivity index (χ0) is 35.9. The highest BCUT2D eigenvalue weighted by atomic mass is 16.6. The van der Waals surface area contributed by atoms with Crippen LogP contribution in [0.3, 0.4) is 0 Å². The van der Waals surface area contributed by atoms with E-state index in [2.05, 4.69) is 26.9 Å². The quantitative estimate of drug-likeness (QED) is 0.0432. The summed E-state index contributed by atoms with van der Waals surface area (Å²) in [6.07, 6.45) is 10.1. The van der Waals surface area contributed by atoms with Crippen molar-refractivity contribution in [2.75, 3.05) is 46.7 Å². The second-order valence-corrected chi connectivity index (χ2v) is 11.7. The fraction of sp³-hybridized carbons (Fsp3) is 0.618. The smallest absolute Gasteiger partial charge is 0.364 e. The number of aromatic nitrogens is 3. The summed E-state index contributed by atoms with van der Waals surface area (Å²) in [6, 6.07) is 6.31. The number of rotatable bonds is 27. The van der Waals surface area contributed by atoms with Crippen molar-refractivity contribution < 1.29 is 49.0 Å². The summed E-state index contributed by atoms with van der Waals surface area (Å²) in [7, 11) is 1.62. The second-order valence-electron chi connectivity index (χ2n) is 11.7. The van der Waals surface area contributed by atoms with E-state index >= 15 is 0 Å². The van der Waals surface area contributed by atoms with Gasteiger partial charge in [-0.25, -0.2) is 9.48 Å². The van der Waals surface area contributed by atoms with E-state index in [4.69, 9.17) is 20.6 Å². The molecule has 0 bridgehead atoms. The number of aliphatic carboxylic acids is 1. The van der Waals surface area contributed by atoms with Gasteiger partial charge in [0.05, 0.1) is 51.2 Å². The third-order valence-corrected chi connectivity index (χ3v) is 7.69. The molecule has 2 amide bonds. The monoisotopic (exact) mass is 689 g/mol. The highest BCUT2D eigenvalue weighted by molar-refractivity contribution is 5.78. The molecule has 0 spiro atoms. The van der Waals surface area contributed by atoms with Crippen LogP contribution in [0.2, 0.25) is 0 Å². The number of methoxy groups -OCH3 is 1. The van der Waals surface area contributed by atoms with Crippen LogP contribution in [0.4, 0.5) is 0 Å². The Labute approximate surface area is 287 Å². The molecular formula is C34H51N5O10. The maximum Gasteiger partial charge on any atom is 0.364 e. The fourth-order valence-corrected chi connectivity index (χ4v) is 4.83. The largest absolute Gasteiger partial charge is 0.477 e. The number of carbonyl (C=O) groups is 3. The van der Waals surface area contributed by atoms with Gasteiger partial charge in [0, 0.05) is 37.9 Å². The van der Waals surface area contributed by atoms with E-state index in [9.17, 15) is 34.8 Å². The number of nitrogens with one attached hydrogen (secondary N) is 2. The molecule has 2 rings (SSSR count). The van der Waals surface area contributed by atoms with Crippen molar-refractivity contribution in [3.05, 3.63) is 47.3 Å². The van der Waals surface area contributed by atoms with Crippen molar-refractivity contribution >= 4 is 17.8 Å². The van der Waals surface area contributed by atoms with E-state index < -0.39 is 36.4 Å². The van der Waals surface area contributed by atoms with Gasteiger partial charge in [-0.2, -0.15) is 0 Å². The molecule has 1 aromatic carbocycles. The first-order valence-electron chi connectivity index (χ1n) is 16.5. The standard InChI is InChI=1S/C34H51N5O10/c1-3-26-9-11-27(12-10-26)22-31(42)35-23-30(41)14-13-28(36-32(43)25-40)15-16-34(46,33(44)45)49-18-7-5-4-6-8-29-24-39(38-37-29)17-19-48-21-20-47-2/h1,9-12,24,28,30,40-41,46H,4-8,13-23,25H2,2H3,(H,35,42)(H,36,43)(H,44,45)/t28?,30?,34-/m0/s1. The van der Waals surface area contributed by atoms with Crippen LogP contribution in [0, 0.1) is 12.3 Å². The lowest BCUT2D eigenvalue weighted by atomic mass is 9.99. The number of nitrogens with zero attached hydrogens (tertiary/aromatic N) is 3. The topological polar surface area (TPSA) is 215 Å². The first kappa shape index (κ1) is 41.3. The number of ether oxygens (including phenoxy) is 3. The molecule has 2 unspecified atom stereocenters. The molecule has 15 heteroatoms. The number of aryl methyl sites for hydroxylation is 1. The molecule has 49 heavy (non-hydrogen) atoms. The van der Waals surface area contributed by atoms with Crippen molar-refractivity contribution in [3.63, 3.8) is 0 Å². The Morgan fingerprint density at radius 2 is 1.78 bits per heavy atom. The van der Waals surface area contributed by atoms with Gasteiger partial charge in [-0.15, -0.1) is 11.5 Å². The first-order chi connectivity index (χ1) is 23.6. The Morgan fingerprint density at radius 3 is 2.47 bits per heavy atom. The number of aliphatic hydroxyl groups excluding tert-OH is 2. The van der Waals surface area contributed by atoms with Crippen LogP contribution in [-0.4, -0.2) is 118 Å². The third kappa shape index (κ3) is 17.4. The van der Waals surface area contributed by atoms with Gasteiger partial charge in [-0.3, -0.25) is 9.59 Å². The highest BCUT2D eigenvalue weighted by Crippen LogP contribution is 2.20. The van der Waals surface area contributed by atoms with E-state index in [0.717, 1.165) is 36.9 Å². The van der Waals surface area contributed by atoms with E-state index in [1.54, 1.807) is 36.1 Å². The van der Waals surface area contributed by atoms with E-state index in [1.165, 1.54) is 0 Å². The zero-order valence-corrected chi connectivity index (χ0v) is 28.2. The minimum atomic E-state index is -2.47. The fourth-order valence-electron chi connectivity index (χ4n) is 4.83. The summed E-state index contributed by atoms with van der Waals surface area (Å²) in [6.45, 7) is 1.39. The molecule has 1 heterocycles. The molecule has 2 aromatic rings. The number of aliphatic hydroxyl groups is 3. The van der Waals surface area contributed by atoms with Crippen LogP contribution in [0.25, 0.3) is 0 Å². The minimum absolute atomic E-state index is 0.00122. The van der Waals surface area contributed by atoms with Crippen LogP contribution in [0.5, 0.6) is 0 Å². The number of terminal acetylenes is 1. The summed E-state index contributed by atoms with van der Waals surface area (Å²) in [5.41, 5.74) is 2.34. The maximum atomic E-state index is 12.3. The Balaban J connectivity index is 1.70. The number of hydrogen-bond acceptors (Lipinski definition) is 11. The molecule has 272 valence electrons. The number of benzene rings is 1. The SMILES string of the molecule is C#Cc1ccc(CC(=O)NCC(O)CCC(CC[C@](O)(OCCCCCCc2cn(CCOCCOC)nn2)C(=O)O)NC(=O)CO)cc1. The molecule has 3 atom stereocenters. The van der Waals surface area contributed by atoms with Crippen LogP contribution in [-0.2, 0) is 48.0 Å². The summed E-state index contributed by atoms with van der Waals surface area (Å²) in [4.78, 5) is 36.1. The van der Waals surface area contributed by atoms with Crippen molar-refractivity contribution in [2.24, 2.45) is 0 Å². The van der Waals surface area contributed by atoms with Gasteiger partial charge in [0.25, 0.3) is 5.79 Å².